The lowest BCUT2D eigenvalue weighted by atomic mass is 10.2. The predicted molar refractivity (Wildman–Crippen MR) is 75.8 cm³/mol. The van der Waals surface area contributed by atoms with Crippen LogP contribution in [0.5, 0.6) is 23.0 Å². The van der Waals surface area contributed by atoms with Crippen molar-refractivity contribution < 1.29 is 24.1 Å². The fourth-order valence-corrected chi connectivity index (χ4v) is 2.04. The molecule has 4 rings (SSSR count). The lowest BCUT2D eigenvalue weighted by Crippen LogP contribution is -1.92. The van der Waals surface area contributed by atoms with Gasteiger partial charge in [0.2, 0.25) is 13.6 Å². The minimum atomic E-state index is 0.0383. The number of benzene rings is 2. The van der Waals surface area contributed by atoms with Gasteiger partial charge in [-0.3, -0.25) is 0 Å². The molecule has 5 heteroatoms. The molecule has 0 aromatic heterocycles. The predicted octanol–water partition coefficient (Wildman–Crippen LogP) is 2.63. The second-order valence-electron chi connectivity index (χ2n) is 4.70. The fourth-order valence-electron chi connectivity index (χ4n) is 2.04. The van der Waals surface area contributed by atoms with Gasteiger partial charge in [0.05, 0.1) is 6.61 Å². The molecule has 0 radical (unpaired) electrons. The van der Waals surface area contributed by atoms with Gasteiger partial charge in [0.25, 0.3) is 0 Å². The largest absolute Gasteiger partial charge is 0.454 e. The van der Waals surface area contributed by atoms with Crippen molar-refractivity contribution in [3.05, 3.63) is 47.5 Å². The SMILES string of the molecule is Cc1ccc2c(c1)OCO2.OCc1ccc2c(c1)OCO2. The molecule has 0 saturated heterocycles. The zero-order chi connectivity index (χ0) is 14.7. The Hall–Kier alpha value is -2.40. The van der Waals surface area contributed by atoms with Crippen LogP contribution in [0.1, 0.15) is 11.1 Å². The summed E-state index contributed by atoms with van der Waals surface area (Å²) in [6, 6.07) is 11.3. The highest BCUT2D eigenvalue weighted by Gasteiger charge is 2.12. The number of aryl methyl sites for hydroxylation is 1. The standard InChI is InChI=1S/C8H8O3.C8H8O2/c9-4-6-1-2-7-8(3-6)11-5-10-7;1-6-2-3-7-8(4-6)10-5-9-7/h1-3,9H,4-5H2;2-4H,5H2,1H3. The summed E-state index contributed by atoms with van der Waals surface area (Å²) in [4.78, 5) is 0. The third kappa shape index (κ3) is 3.03. The maximum absolute atomic E-state index is 8.77. The van der Waals surface area contributed by atoms with E-state index < -0.39 is 0 Å². The first-order valence-electron chi connectivity index (χ1n) is 6.62. The molecule has 2 aromatic rings. The normalized spacial score (nSPS) is 13.6. The molecule has 1 N–H and O–H groups in total. The van der Waals surface area contributed by atoms with Gasteiger partial charge in [-0.15, -0.1) is 0 Å². The quantitative estimate of drug-likeness (QED) is 0.874. The summed E-state index contributed by atoms with van der Waals surface area (Å²) < 4.78 is 20.5. The van der Waals surface area contributed by atoms with Crippen LogP contribution >= 0.6 is 0 Å². The Morgan fingerprint density at radius 2 is 1.38 bits per heavy atom. The molecule has 0 aliphatic carbocycles. The van der Waals surface area contributed by atoms with Crippen molar-refractivity contribution in [1.29, 1.82) is 0 Å². The smallest absolute Gasteiger partial charge is 0.231 e. The van der Waals surface area contributed by atoms with Crippen LogP contribution in [0.3, 0.4) is 0 Å². The highest BCUT2D eigenvalue weighted by molar-refractivity contribution is 5.44. The minimum Gasteiger partial charge on any atom is -0.454 e. The maximum atomic E-state index is 8.77. The molecule has 0 spiro atoms. The van der Waals surface area contributed by atoms with Gasteiger partial charge in [-0.1, -0.05) is 12.1 Å². The van der Waals surface area contributed by atoms with E-state index in [9.17, 15) is 0 Å². The van der Waals surface area contributed by atoms with Gasteiger partial charge in [-0.05, 0) is 42.3 Å². The molecule has 2 aliphatic rings. The number of aliphatic hydroxyl groups excluding tert-OH is 1. The van der Waals surface area contributed by atoms with E-state index in [1.165, 1.54) is 5.56 Å². The van der Waals surface area contributed by atoms with Gasteiger partial charge >= 0.3 is 0 Å². The first-order valence-corrected chi connectivity index (χ1v) is 6.62. The molecule has 21 heavy (non-hydrogen) atoms. The summed E-state index contributed by atoms with van der Waals surface area (Å²) in [6.07, 6.45) is 0. The number of fused-ring (bicyclic) bond motifs is 2. The van der Waals surface area contributed by atoms with Crippen LogP contribution in [-0.2, 0) is 6.61 Å². The monoisotopic (exact) mass is 288 g/mol. The number of hydrogen-bond donors (Lipinski definition) is 1. The van der Waals surface area contributed by atoms with Gasteiger partial charge in [0.1, 0.15) is 0 Å². The van der Waals surface area contributed by atoms with Crippen LogP contribution in [0, 0.1) is 6.92 Å². The third-order valence-corrected chi connectivity index (χ3v) is 3.15. The van der Waals surface area contributed by atoms with Crippen molar-refractivity contribution in [1.82, 2.24) is 0 Å². The highest BCUT2D eigenvalue weighted by atomic mass is 16.7. The van der Waals surface area contributed by atoms with E-state index in [1.54, 1.807) is 12.1 Å². The van der Waals surface area contributed by atoms with E-state index in [2.05, 4.69) is 0 Å². The maximum Gasteiger partial charge on any atom is 0.231 e. The van der Waals surface area contributed by atoms with E-state index in [4.69, 9.17) is 24.1 Å². The average Bonchev–Trinajstić information content (AvgIpc) is 3.15. The number of aliphatic hydroxyl groups is 1. The Kier molecular flexibility index (Phi) is 3.83. The van der Waals surface area contributed by atoms with Crippen molar-refractivity contribution in [3.63, 3.8) is 0 Å². The van der Waals surface area contributed by atoms with E-state index in [0.29, 0.717) is 6.79 Å². The van der Waals surface area contributed by atoms with Crippen LogP contribution < -0.4 is 18.9 Å². The molecule has 2 aromatic carbocycles. The van der Waals surface area contributed by atoms with Gasteiger partial charge in [0.15, 0.2) is 23.0 Å². The van der Waals surface area contributed by atoms with E-state index in [1.807, 2.05) is 31.2 Å². The van der Waals surface area contributed by atoms with Gasteiger partial charge < -0.3 is 24.1 Å². The van der Waals surface area contributed by atoms with Gasteiger partial charge in [-0.2, -0.15) is 0 Å². The minimum absolute atomic E-state index is 0.0383. The summed E-state index contributed by atoms with van der Waals surface area (Å²) in [5.41, 5.74) is 2.04. The molecule has 0 bridgehead atoms. The second-order valence-corrected chi connectivity index (χ2v) is 4.70. The first kappa shape index (κ1) is 13.6. The molecule has 2 aliphatic heterocycles. The van der Waals surface area contributed by atoms with Crippen molar-refractivity contribution in [2.75, 3.05) is 13.6 Å². The molecule has 0 fully saturated rings. The molecule has 110 valence electrons. The summed E-state index contributed by atoms with van der Waals surface area (Å²) in [5.74, 6) is 3.18. The van der Waals surface area contributed by atoms with Crippen molar-refractivity contribution in [3.8, 4) is 23.0 Å². The fraction of sp³-hybridized carbons (Fsp3) is 0.250. The Labute approximate surface area is 122 Å². The first-order chi connectivity index (χ1) is 10.3. The number of ether oxygens (including phenoxy) is 4. The summed E-state index contributed by atoms with van der Waals surface area (Å²) >= 11 is 0. The average molecular weight is 288 g/mol. The third-order valence-electron chi connectivity index (χ3n) is 3.15. The Morgan fingerprint density at radius 3 is 2.05 bits per heavy atom. The molecular formula is C16H16O5. The number of rotatable bonds is 1. The Bertz CT molecular complexity index is 639. The molecule has 0 unspecified atom stereocenters. The van der Waals surface area contributed by atoms with Crippen molar-refractivity contribution in [2.45, 2.75) is 13.5 Å². The topological polar surface area (TPSA) is 57.2 Å². The molecule has 0 saturated carbocycles. The van der Waals surface area contributed by atoms with E-state index >= 15 is 0 Å². The lowest BCUT2D eigenvalue weighted by molar-refractivity contribution is 0.173. The van der Waals surface area contributed by atoms with Crippen LogP contribution in [0.4, 0.5) is 0 Å². The highest BCUT2D eigenvalue weighted by Crippen LogP contribution is 2.32. The summed E-state index contributed by atoms with van der Waals surface area (Å²) in [7, 11) is 0. The van der Waals surface area contributed by atoms with Crippen molar-refractivity contribution >= 4 is 0 Å². The molecule has 5 nitrogen and oxygen atoms in total. The molecule has 0 amide bonds. The van der Waals surface area contributed by atoms with Crippen LogP contribution in [0.25, 0.3) is 0 Å². The van der Waals surface area contributed by atoms with Gasteiger partial charge in [-0.25, -0.2) is 0 Å². The Morgan fingerprint density at radius 1 is 0.810 bits per heavy atom. The zero-order valence-corrected chi connectivity index (χ0v) is 11.7. The van der Waals surface area contributed by atoms with Crippen LogP contribution in [0.2, 0.25) is 0 Å². The molecular weight excluding hydrogens is 272 g/mol. The summed E-state index contributed by atoms with van der Waals surface area (Å²) in [6.45, 7) is 2.71. The van der Waals surface area contributed by atoms with Crippen LogP contribution in [-0.4, -0.2) is 18.7 Å². The summed E-state index contributed by atoms with van der Waals surface area (Å²) in [5, 5.41) is 8.77. The van der Waals surface area contributed by atoms with Crippen molar-refractivity contribution in [2.24, 2.45) is 0 Å². The zero-order valence-electron chi connectivity index (χ0n) is 11.7. The van der Waals surface area contributed by atoms with Gasteiger partial charge in [0, 0.05) is 0 Å². The van der Waals surface area contributed by atoms with Crippen LogP contribution in [0.15, 0.2) is 36.4 Å². The molecule has 0 atom stereocenters. The Balaban J connectivity index is 0.000000126. The number of hydrogen-bond acceptors (Lipinski definition) is 5. The lowest BCUT2D eigenvalue weighted by Gasteiger charge is -1.97. The second kappa shape index (κ2) is 5.93. The molecule has 2 heterocycles. The van der Waals surface area contributed by atoms with E-state index in [-0.39, 0.29) is 13.4 Å². The van der Waals surface area contributed by atoms with E-state index in [0.717, 1.165) is 28.6 Å².